The zero-order chi connectivity index (χ0) is 24.0. The number of hydrogen-bond acceptors (Lipinski definition) is 7. The first-order chi connectivity index (χ1) is 15.8. The Labute approximate surface area is 198 Å². The van der Waals surface area contributed by atoms with Crippen molar-refractivity contribution >= 4 is 39.8 Å². The van der Waals surface area contributed by atoms with Gasteiger partial charge in [-0.3, -0.25) is 29.4 Å². The lowest BCUT2D eigenvalue weighted by atomic mass is 10.1. The van der Waals surface area contributed by atoms with Crippen LogP contribution in [0.4, 0.5) is 0 Å². The summed E-state index contributed by atoms with van der Waals surface area (Å²) in [6, 6.07) is 9.83. The minimum absolute atomic E-state index is 0.140. The maximum atomic E-state index is 12.4. The Morgan fingerprint density at radius 1 is 1.12 bits per heavy atom. The summed E-state index contributed by atoms with van der Waals surface area (Å²) in [5, 5.41) is 10.5. The molecule has 0 atom stereocenters. The van der Waals surface area contributed by atoms with Crippen LogP contribution in [-0.2, 0) is 4.79 Å². The number of rotatable bonds is 10. The van der Waals surface area contributed by atoms with E-state index in [4.69, 9.17) is 9.47 Å². The number of ether oxygens (including phenoxy) is 2. The Balaban J connectivity index is 1.48. The Hall–Kier alpha value is -3.53. The van der Waals surface area contributed by atoms with Crippen LogP contribution in [0.1, 0.15) is 52.0 Å². The molecule has 0 N–H and O–H groups in total. The lowest BCUT2D eigenvalue weighted by Gasteiger charge is -2.14. The molecule has 0 spiro atoms. The van der Waals surface area contributed by atoms with Crippen LogP contribution in [0.2, 0.25) is 0 Å². The minimum Gasteiger partial charge on any atom is -0.493 e. The quantitative estimate of drug-likeness (QED) is 0.114. The number of carbonyl (C=O) groups excluding carboxylic acids is 3. The maximum absolute atomic E-state index is 12.4. The summed E-state index contributed by atoms with van der Waals surface area (Å²) in [7, 11) is 1.40. The zero-order valence-electron chi connectivity index (χ0n) is 17.8. The van der Waals surface area contributed by atoms with Crippen molar-refractivity contribution in [2.75, 3.05) is 13.7 Å². The molecule has 2 amide bonds. The van der Waals surface area contributed by atoms with Crippen molar-refractivity contribution in [3.8, 4) is 11.5 Å². The first-order valence-corrected chi connectivity index (χ1v) is 11.0. The Bertz CT molecular complexity index is 1090. The molecular formula is C23H21BrN2O7. The lowest BCUT2D eigenvalue weighted by molar-refractivity contribution is -0.400. The number of imide groups is 1. The van der Waals surface area contributed by atoms with Crippen molar-refractivity contribution in [3.05, 3.63) is 73.9 Å². The van der Waals surface area contributed by atoms with Crippen molar-refractivity contribution in [1.82, 2.24) is 4.90 Å². The number of carbonyl (C=O) groups is 3. The van der Waals surface area contributed by atoms with Crippen molar-refractivity contribution in [2.45, 2.75) is 25.7 Å². The number of amides is 2. The highest BCUT2D eigenvalue weighted by atomic mass is 79.9. The number of halogens is 1. The van der Waals surface area contributed by atoms with Crippen LogP contribution in [-0.4, -0.2) is 41.3 Å². The molecule has 10 heteroatoms. The Morgan fingerprint density at radius 3 is 2.39 bits per heavy atom. The molecule has 9 nitrogen and oxygen atoms in total. The van der Waals surface area contributed by atoms with Crippen LogP contribution in [0.25, 0.3) is 6.08 Å². The fourth-order valence-corrected chi connectivity index (χ4v) is 3.95. The summed E-state index contributed by atoms with van der Waals surface area (Å²) in [6.45, 7) is 0.292. The summed E-state index contributed by atoms with van der Waals surface area (Å²) < 4.78 is 11.1. The molecule has 0 unspecified atom stereocenters. The average Bonchev–Trinajstić information content (AvgIpc) is 3.03. The van der Waals surface area contributed by atoms with Gasteiger partial charge in [-0.15, -0.1) is 0 Å². The highest BCUT2D eigenvalue weighted by Crippen LogP contribution is 2.37. The first kappa shape index (κ1) is 24.1. The van der Waals surface area contributed by atoms with Gasteiger partial charge in [0.05, 0.1) is 27.6 Å². The molecule has 0 aliphatic carbocycles. The smallest absolute Gasteiger partial charge is 0.311 e. The predicted octanol–water partition coefficient (Wildman–Crippen LogP) is 4.47. The van der Waals surface area contributed by atoms with Crippen molar-refractivity contribution < 1.29 is 28.8 Å². The van der Waals surface area contributed by atoms with Gasteiger partial charge in [0, 0.05) is 19.0 Å². The number of esters is 1. The molecule has 172 valence electrons. The Kier molecular flexibility index (Phi) is 7.94. The number of benzene rings is 2. The van der Waals surface area contributed by atoms with Gasteiger partial charge < -0.3 is 9.47 Å². The van der Waals surface area contributed by atoms with E-state index in [-0.39, 0.29) is 29.7 Å². The van der Waals surface area contributed by atoms with E-state index in [1.807, 2.05) is 0 Å². The topological polar surface area (TPSA) is 116 Å². The number of unbranched alkanes of at least 4 members (excludes halogenated alkanes) is 2. The van der Waals surface area contributed by atoms with Gasteiger partial charge in [0.15, 0.2) is 11.5 Å². The molecule has 1 heterocycles. The van der Waals surface area contributed by atoms with Crippen molar-refractivity contribution in [2.24, 2.45) is 0 Å². The normalized spacial score (nSPS) is 12.8. The lowest BCUT2D eigenvalue weighted by Crippen LogP contribution is -2.30. The van der Waals surface area contributed by atoms with Gasteiger partial charge in [-0.2, -0.15) is 0 Å². The van der Waals surface area contributed by atoms with E-state index in [0.29, 0.717) is 47.0 Å². The number of nitro groups is 1. The largest absolute Gasteiger partial charge is 0.493 e. The van der Waals surface area contributed by atoms with E-state index in [1.165, 1.54) is 24.2 Å². The molecule has 0 saturated heterocycles. The standard InChI is InChI=1S/C23H21BrN2O7/c1-32-19-14-15(10-12-26(30)31)13-18(24)21(19)33-20(27)9-3-2-6-11-25-22(28)16-7-4-5-8-17(16)23(25)29/h4-5,7-8,10,12-14H,2-3,6,9,11H2,1H3/b12-10+. The fraction of sp³-hybridized carbons (Fsp3) is 0.261. The SMILES string of the molecule is COc1cc(/C=C/[N+](=O)[O-])cc(Br)c1OC(=O)CCCCCN1C(=O)c2ccccc2C1=O. The summed E-state index contributed by atoms with van der Waals surface area (Å²) in [5.41, 5.74) is 1.35. The fourth-order valence-electron chi connectivity index (χ4n) is 3.41. The number of nitrogens with zero attached hydrogens (tertiary/aromatic N) is 2. The second kappa shape index (κ2) is 10.9. The molecule has 1 aliphatic rings. The van der Waals surface area contributed by atoms with Crippen LogP contribution in [0.15, 0.2) is 47.1 Å². The number of fused-ring (bicyclic) bond motifs is 1. The van der Waals surface area contributed by atoms with Crippen LogP contribution in [0.3, 0.4) is 0 Å². The van der Waals surface area contributed by atoms with Crippen LogP contribution in [0.5, 0.6) is 11.5 Å². The minimum atomic E-state index is -0.581. The highest BCUT2D eigenvalue weighted by molar-refractivity contribution is 9.10. The van der Waals surface area contributed by atoms with Crippen LogP contribution >= 0.6 is 15.9 Å². The molecule has 1 aliphatic heterocycles. The van der Waals surface area contributed by atoms with Crippen LogP contribution in [0, 0.1) is 10.1 Å². The monoisotopic (exact) mass is 516 g/mol. The van der Waals surface area contributed by atoms with Gasteiger partial charge in [0.2, 0.25) is 6.20 Å². The molecule has 0 bridgehead atoms. The van der Waals surface area contributed by atoms with E-state index < -0.39 is 10.9 Å². The summed E-state index contributed by atoms with van der Waals surface area (Å²) in [5.74, 6) is -0.603. The van der Waals surface area contributed by atoms with Gasteiger partial charge in [-0.1, -0.05) is 18.6 Å². The molecule has 2 aromatic rings. The zero-order valence-corrected chi connectivity index (χ0v) is 19.4. The molecule has 3 rings (SSSR count). The molecule has 0 saturated carbocycles. The van der Waals surface area contributed by atoms with Gasteiger partial charge in [-0.05, 0) is 58.6 Å². The van der Waals surface area contributed by atoms with E-state index >= 15 is 0 Å². The van der Waals surface area contributed by atoms with Gasteiger partial charge >= 0.3 is 5.97 Å². The molecule has 2 aromatic carbocycles. The van der Waals surface area contributed by atoms with E-state index in [1.54, 1.807) is 30.3 Å². The second-order valence-electron chi connectivity index (χ2n) is 7.23. The molecule has 0 radical (unpaired) electrons. The molecule has 33 heavy (non-hydrogen) atoms. The Morgan fingerprint density at radius 2 is 1.79 bits per heavy atom. The summed E-state index contributed by atoms with van der Waals surface area (Å²) in [6.07, 6.45) is 3.96. The van der Waals surface area contributed by atoms with E-state index in [0.717, 1.165) is 6.20 Å². The highest BCUT2D eigenvalue weighted by Gasteiger charge is 2.34. The van der Waals surface area contributed by atoms with Crippen molar-refractivity contribution in [1.29, 1.82) is 0 Å². The summed E-state index contributed by atoms with van der Waals surface area (Å²) in [4.78, 5) is 48.1. The first-order valence-electron chi connectivity index (χ1n) is 10.2. The van der Waals surface area contributed by atoms with Crippen LogP contribution < -0.4 is 9.47 Å². The maximum Gasteiger partial charge on any atom is 0.311 e. The summed E-state index contributed by atoms with van der Waals surface area (Å²) >= 11 is 3.30. The van der Waals surface area contributed by atoms with Gasteiger partial charge in [-0.25, -0.2) is 0 Å². The van der Waals surface area contributed by atoms with E-state index in [2.05, 4.69) is 15.9 Å². The van der Waals surface area contributed by atoms with Gasteiger partial charge in [0.25, 0.3) is 11.8 Å². The third-order valence-electron chi connectivity index (χ3n) is 5.00. The second-order valence-corrected chi connectivity index (χ2v) is 8.08. The number of hydrogen-bond donors (Lipinski definition) is 0. The third kappa shape index (κ3) is 5.83. The molecular weight excluding hydrogens is 496 g/mol. The third-order valence-corrected chi connectivity index (χ3v) is 5.59. The van der Waals surface area contributed by atoms with Crippen molar-refractivity contribution in [3.63, 3.8) is 0 Å². The molecule has 0 fully saturated rings. The predicted molar refractivity (Wildman–Crippen MR) is 123 cm³/mol. The average molecular weight is 517 g/mol. The van der Waals surface area contributed by atoms with E-state index in [9.17, 15) is 24.5 Å². The number of methoxy groups -OCH3 is 1. The van der Waals surface area contributed by atoms with Gasteiger partial charge in [0.1, 0.15) is 0 Å². The molecule has 0 aromatic heterocycles.